The van der Waals surface area contributed by atoms with Gasteiger partial charge in [-0.25, -0.2) is 0 Å². The quantitative estimate of drug-likeness (QED) is 0.869. The lowest BCUT2D eigenvalue weighted by atomic mass is 10.1. The lowest BCUT2D eigenvalue weighted by Crippen LogP contribution is -2.40. The average molecular weight is 327 g/mol. The minimum absolute atomic E-state index is 0.0485. The molecule has 0 bridgehead atoms. The Morgan fingerprint density at radius 1 is 1.26 bits per heavy atom. The van der Waals surface area contributed by atoms with Gasteiger partial charge >= 0.3 is 0 Å². The average Bonchev–Trinajstić information content (AvgIpc) is 2.38. The van der Waals surface area contributed by atoms with Crippen molar-refractivity contribution in [2.24, 2.45) is 0 Å². The number of carbonyl (C=O) groups excluding carboxylic acids is 2. The van der Waals surface area contributed by atoms with E-state index in [1.807, 2.05) is 38.1 Å². The highest BCUT2D eigenvalue weighted by Crippen LogP contribution is 2.11. The van der Waals surface area contributed by atoms with Crippen LogP contribution >= 0.6 is 15.9 Å². The van der Waals surface area contributed by atoms with Crippen molar-refractivity contribution in [2.45, 2.75) is 20.3 Å². The van der Waals surface area contributed by atoms with Gasteiger partial charge in [-0.2, -0.15) is 0 Å². The van der Waals surface area contributed by atoms with Gasteiger partial charge in [0.05, 0.1) is 13.0 Å². The molecule has 0 saturated carbocycles. The lowest BCUT2D eigenvalue weighted by Gasteiger charge is -2.18. The van der Waals surface area contributed by atoms with E-state index in [1.54, 1.807) is 4.90 Å². The van der Waals surface area contributed by atoms with Gasteiger partial charge < -0.3 is 10.2 Å². The molecule has 0 aliphatic rings. The normalized spacial score (nSPS) is 10.1. The fourth-order valence-corrected chi connectivity index (χ4v) is 2.20. The Hall–Kier alpha value is -1.36. The predicted molar refractivity (Wildman–Crippen MR) is 78.8 cm³/mol. The smallest absolute Gasteiger partial charge is 0.241 e. The van der Waals surface area contributed by atoms with E-state index < -0.39 is 0 Å². The fraction of sp³-hybridized carbons (Fsp3) is 0.429. The molecule has 4 nitrogen and oxygen atoms in total. The van der Waals surface area contributed by atoms with Crippen LogP contribution in [0.1, 0.15) is 19.4 Å². The van der Waals surface area contributed by atoms with Crippen molar-refractivity contribution in [2.75, 3.05) is 19.6 Å². The Balaban J connectivity index is 2.42. The van der Waals surface area contributed by atoms with Crippen LogP contribution in [0, 0.1) is 0 Å². The second-order valence-electron chi connectivity index (χ2n) is 4.15. The van der Waals surface area contributed by atoms with E-state index in [4.69, 9.17) is 0 Å². The Kier molecular flexibility index (Phi) is 6.56. The van der Waals surface area contributed by atoms with Gasteiger partial charge in [-0.15, -0.1) is 0 Å². The third kappa shape index (κ3) is 5.42. The maximum atomic E-state index is 11.7. The van der Waals surface area contributed by atoms with E-state index in [-0.39, 0.29) is 24.8 Å². The molecule has 0 aliphatic carbocycles. The summed E-state index contributed by atoms with van der Waals surface area (Å²) in [5.41, 5.74) is 0.919. The van der Waals surface area contributed by atoms with Gasteiger partial charge in [0, 0.05) is 17.6 Å². The molecule has 1 aromatic rings. The number of rotatable bonds is 6. The molecule has 0 fully saturated rings. The third-order valence-electron chi connectivity index (χ3n) is 2.81. The number of nitrogens with one attached hydrogen (secondary N) is 1. The summed E-state index contributed by atoms with van der Waals surface area (Å²) >= 11 is 3.36. The van der Waals surface area contributed by atoms with Crippen LogP contribution < -0.4 is 5.32 Å². The van der Waals surface area contributed by atoms with Gasteiger partial charge in [-0.3, -0.25) is 9.59 Å². The minimum atomic E-state index is -0.140. The van der Waals surface area contributed by atoms with Gasteiger partial charge in [0.1, 0.15) is 0 Å². The summed E-state index contributed by atoms with van der Waals surface area (Å²) in [6, 6.07) is 7.57. The minimum Gasteiger partial charge on any atom is -0.347 e. The molecule has 0 unspecified atom stereocenters. The number of hydrogen-bond donors (Lipinski definition) is 1. The molecule has 1 N–H and O–H groups in total. The molecule has 0 aliphatic heterocycles. The van der Waals surface area contributed by atoms with Crippen molar-refractivity contribution >= 4 is 27.7 Å². The number of carbonyl (C=O) groups is 2. The van der Waals surface area contributed by atoms with Gasteiger partial charge in [0.2, 0.25) is 11.8 Å². The van der Waals surface area contributed by atoms with E-state index in [9.17, 15) is 9.59 Å². The monoisotopic (exact) mass is 326 g/mol. The molecule has 0 atom stereocenters. The number of likely N-dealkylation sites (N-methyl/N-ethyl adjacent to an activating group) is 1. The zero-order valence-electron chi connectivity index (χ0n) is 11.3. The van der Waals surface area contributed by atoms with Crippen molar-refractivity contribution < 1.29 is 9.59 Å². The van der Waals surface area contributed by atoms with Crippen LogP contribution in [0.3, 0.4) is 0 Å². The second-order valence-corrected chi connectivity index (χ2v) is 5.07. The van der Waals surface area contributed by atoms with Gasteiger partial charge in [0.15, 0.2) is 0 Å². The van der Waals surface area contributed by atoms with E-state index in [0.717, 1.165) is 10.0 Å². The number of amides is 2. The first-order chi connectivity index (χ1) is 9.06. The van der Waals surface area contributed by atoms with E-state index in [1.165, 1.54) is 0 Å². The topological polar surface area (TPSA) is 49.4 Å². The van der Waals surface area contributed by atoms with Crippen LogP contribution in [-0.2, 0) is 16.0 Å². The first kappa shape index (κ1) is 15.7. The van der Waals surface area contributed by atoms with E-state index in [0.29, 0.717) is 13.1 Å². The van der Waals surface area contributed by atoms with Crippen LogP contribution in [-0.4, -0.2) is 36.3 Å². The molecule has 19 heavy (non-hydrogen) atoms. The van der Waals surface area contributed by atoms with Gasteiger partial charge in [-0.05, 0) is 31.5 Å². The van der Waals surface area contributed by atoms with Crippen LogP contribution in [0.25, 0.3) is 0 Å². The summed E-state index contributed by atoms with van der Waals surface area (Å²) in [7, 11) is 0. The SMILES string of the molecule is CCN(CC)C(=O)CNC(=O)Cc1cccc(Br)c1. The molecule has 5 heteroatoms. The Bertz CT molecular complexity index is 445. The summed E-state index contributed by atoms with van der Waals surface area (Å²) in [6.07, 6.45) is 0.283. The molecular formula is C14H19BrN2O2. The van der Waals surface area contributed by atoms with Crippen LogP contribution in [0.15, 0.2) is 28.7 Å². The van der Waals surface area contributed by atoms with Crippen LogP contribution in [0.5, 0.6) is 0 Å². The van der Waals surface area contributed by atoms with E-state index >= 15 is 0 Å². The fourth-order valence-electron chi connectivity index (χ4n) is 1.76. The first-order valence-electron chi connectivity index (χ1n) is 6.35. The van der Waals surface area contributed by atoms with Gasteiger partial charge in [0.25, 0.3) is 0 Å². The van der Waals surface area contributed by atoms with Crippen molar-refractivity contribution in [3.8, 4) is 0 Å². The molecule has 1 aromatic carbocycles. The third-order valence-corrected chi connectivity index (χ3v) is 3.30. The number of nitrogens with zero attached hydrogens (tertiary/aromatic N) is 1. The Morgan fingerprint density at radius 2 is 1.95 bits per heavy atom. The molecule has 0 spiro atoms. The van der Waals surface area contributed by atoms with Crippen LogP contribution in [0.2, 0.25) is 0 Å². The van der Waals surface area contributed by atoms with Crippen molar-refractivity contribution in [3.05, 3.63) is 34.3 Å². The number of hydrogen-bond acceptors (Lipinski definition) is 2. The highest BCUT2D eigenvalue weighted by Gasteiger charge is 2.11. The Labute approximate surface area is 122 Å². The summed E-state index contributed by atoms with van der Waals surface area (Å²) in [5.74, 6) is -0.189. The molecule has 0 radical (unpaired) electrons. The maximum Gasteiger partial charge on any atom is 0.241 e. The molecule has 0 aromatic heterocycles. The largest absolute Gasteiger partial charge is 0.347 e. The van der Waals surface area contributed by atoms with Crippen molar-refractivity contribution in [3.63, 3.8) is 0 Å². The lowest BCUT2D eigenvalue weighted by molar-refractivity contribution is -0.132. The second kappa shape index (κ2) is 7.94. The summed E-state index contributed by atoms with van der Waals surface area (Å²) in [5, 5.41) is 2.65. The number of benzene rings is 1. The van der Waals surface area contributed by atoms with Crippen molar-refractivity contribution in [1.82, 2.24) is 10.2 Å². The molecule has 0 heterocycles. The molecule has 104 valence electrons. The molecular weight excluding hydrogens is 308 g/mol. The summed E-state index contributed by atoms with van der Waals surface area (Å²) < 4.78 is 0.942. The molecule has 0 saturated heterocycles. The first-order valence-corrected chi connectivity index (χ1v) is 7.15. The zero-order valence-corrected chi connectivity index (χ0v) is 12.9. The summed E-state index contributed by atoms with van der Waals surface area (Å²) in [6.45, 7) is 5.23. The van der Waals surface area contributed by atoms with Crippen LogP contribution in [0.4, 0.5) is 0 Å². The highest BCUT2D eigenvalue weighted by molar-refractivity contribution is 9.10. The van der Waals surface area contributed by atoms with Crippen molar-refractivity contribution in [1.29, 1.82) is 0 Å². The predicted octanol–water partition coefficient (Wildman–Crippen LogP) is 1.98. The summed E-state index contributed by atoms with van der Waals surface area (Å²) in [4.78, 5) is 25.1. The molecule has 1 rings (SSSR count). The number of halogens is 1. The zero-order chi connectivity index (χ0) is 14.3. The maximum absolute atomic E-state index is 11.7. The highest BCUT2D eigenvalue weighted by atomic mass is 79.9. The Morgan fingerprint density at radius 3 is 2.53 bits per heavy atom. The van der Waals surface area contributed by atoms with Gasteiger partial charge in [-0.1, -0.05) is 28.1 Å². The standard InChI is InChI=1S/C14H19BrN2O2/c1-3-17(4-2)14(19)10-16-13(18)9-11-6-5-7-12(15)8-11/h5-8H,3-4,9-10H2,1-2H3,(H,16,18). The van der Waals surface area contributed by atoms with E-state index in [2.05, 4.69) is 21.2 Å². The molecule has 2 amide bonds.